The first kappa shape index (κ1) is 67.5. The summed E-state index contributed by atoms with van der Waals surface area (Å²) in [6, 6.07) is 0. The minimum Gasteiger partial charge on any atom is -0.302 e. The molecular formula is C12H43O4P. The van der Waals surface area contributed by atoms with Crippen LogP contribution in [0.5, 0.6) is 0 Å². The molecule has 0 saturated carbocycles. The van der Waals surface area contributed by atoms with Gasteiger partial charge in [-0.1, -0.05) is 59.4 Å². The molecule has 0 fully saturated rings. The Kier molecular flexibility index (Phi) is 143. The summed E-state index contributed by atoms with van der Waals surface area (Å²) >= 11 is 0. The van der Waals surface area contributed by atoms with E-state index in [1.54, 1.807) is 13.8 Å². The zero-order chi connectivity index (χ0) is 7.33. The predicted molar refractivity (Wildman–Crippen MR) is 86.9 cm³/mol. The maximum atomic E-state index is 10.5. The van der Waals surface area contributed by atoms with E-state index in [1.165, 1.54) is 0 Å². The third-order valence-corrected chi connectivity index (χ3v) is 1.75. The molecule has 5 heteroatoms. The van der Waals surface area contributed by atoms with Gasteiger partial charge in [-0.2, -0.15) is 0 Å². The molecule has 0 spiro atoms. The lowest BCUT2D eigenvalue weighted by Gasteiger charge is -2.07. The molecule has 0 aliphatic rings. The molecule has 120 valence electrons. The summed E-state index contributed by atoms with van der Waals surface area (Å²) in [5.41, 5.74) is 0. The van der Waals surface area contributed by atoms with E-state index in [4.69, 9.17) is 4.89 Å². The van der Waals surface area contributed by atoms with Gasteiger partial charge >= 0.3 is 7.82 Å². The summed E-state index contributed by atoms with van der Waals surface area (Å²) in [7, 11) is -3.69. The Morgan fingerprint density at radius 1 is 0.765 bits per heavy atom. The number of hydrogen-bond acceptors (Lipinski definition) is 3. The number of hydrogen-bond donors (Lipinski definition) is 1. The monoisotopic (exact) mass is 282 g/mol. The van der Waals surface area contributed by atoms with Crippen LogP contribution in [0.25, 0.3) is 0 Å². The topological polar surface area (TPSA) is 55.8 Å². The number of rotatable bonds is 4. The van der Waals surface area contributed by atoms with Crippen molar-refractivity contribution in [3.8, 4) is 0 Å². The van der Waals surface area contributed by atoms with E-state index in [1.807, 2.05) is 0 Å². The minimum atomic E-state index is -3.69. The second-order valence-electron chi connectivity index (χ2n) is 1.30. The molecule has 0 aliphatic carbocycles. The molecule has 4 nitrogen and oxygen atoms in total. The Morgan fingerprint density at radius 2 is 0.941 bits per heavy atom. The molecule has 0 rings (SSSR count). The molecule has 0 aromatic carbocycles. The molecule has 0 unspecified atom stereocenters. The van der Waals surface area contributed by atoms with E-state index in [-0.39, 0.29) is 72.6 Å². The molecular weight excluding hydrogens is 239 g/mol. The van der Waals surface area contributed by atoms with Gasteiger partial charge in [0.2, 0.25) is 0 Å². The van der Waals surface area contributed by atoms with Gasteiger partial charge in [0.15, 0.2) is 0 Å². The first-order valence-electron chi connectivity index (χ1n) is 2.74. The van der Waals surface area contributed by atoms with Crippen molar-refractivity contribution in [1.29, 1.82) is 0 Å². The SMILES string of the molecule is C.C.C.C.C.C.C.C.CCOP(=O)(O)OCC. The Bertz CT molecular complexity index is 109. The highest BCUT2D eigenvalue weighted by Crippen LogP contribution is 2.42. The molecule has 0 bridgehead atoms. The lowest BCUT2D eigenvalue weighted by molar-refractivity contribution is 0.161. The Labute approximate surface area is 113 Å². The molecule has 0 atom stereocenters. The van der Waals surface area contributed by atoms with Gasteiger partial charge in [0.05, 0.1) is 13.2 Å². The first-order chi connectivity index (χ1) is 4.12. The van der Waals surface area contributed by atoms with E-state index in [9.17, 15) is 4.57 Å². The van der Waals surface area contributed by atoms with Crippen LogP contribution in [0.15, 0.2) is 0 Å². The van der Waals surface area contributed by atoms with Gasteiger partial charge in [0.25, 0.3) is 0 Å². The van der Waals surface area contributed by atoms with Crippen molar-refractivity contribution in [2.75, 3.05) is 13.2 Å². The van der Waals surface area contributed by atoms with Gasteiger partial charge < -0.3 is 4.89 Å². The van der Waals surface area contributed by atoms with Crippen LogP contribution in [0.3, 0.4) is 0 Å². The Balaban J connectivity index is -0.0000000114. The van der Waals surface area contributed by atoms with E-state index in [2.05, 4.69) is 9.05 Å². The van der Waals surface area contributed by atoms with Crippen molar-refractivity contribution in [3.05, 3.63) is 0 Å². The summed E-state index contributed by atoms with van der Waals surface area (Å²) in [5.74, 6) is 0. The largest absolute Gasteiger partial charge is 0.472 e. The molecule has 0 aromatic heterocycles. The van der Waals surface area contributed by atoms with Crippen molar-refractivity contribution < 1.29 is 18.5 Å². The van der Waals surface area contributed by atoms with Crippen LogP contribution in [0, 0.1) is 0 Å². The summed E-state index contributed by atoms with van der Waals surface area (Å²) in [6.07, 6.45) is 0. The van der Waals surface area contributed by atoms with Crippen molar-refractivity contribution >= 4 is 7.82 Å². The van der Waals surface area contributed by atoms with E-state index in [0.29, 0.717) is 0 Å². The van der Waals surface area contributed by atoms with Crippen molar-refractivity contribution in [1.82, 2.24) is 0 Å². The predicted octanol–water partition coefficient (Wildman–Crippen LogP) is 6.25. The van der Waals surface area contributed by atoms with Gasteiger partial charge in [-0.25, -0.2) is 4.57 Å². The molecule has 1 N–H and O–H groups in total. The van der Waals surface area contributed by atoms with Crippen molar-refractivity contribution in [2.24, 2.45) is 0 Å². The second-order valence-corrected chi connectivity index (χ2v) is 2.76. The first-order valence-corrected chi connectivity index (χ1v) is 4.23. The third kappa shape index (κ3) is 48.8. The van der Waals surface area contributed by atoms with Crippen molar-refractivity contribution in [3.63, 3.8) is 0 Å². The minimum absolute atomic E-state index is 0. The molecule has 0 radical (unpaired) electrons. The van der Waals surface area contributed by atoms with Crippen LogP contribution in [-0.4, -0.2) is 18.1 Å². The lowest BCUT2D eigenvalue weighted by Crippen LogP contribution is -1.93. The fourth-order valence-corrected chi connectivity index (χ4v) is 1.09. The quantitative estimate of drug-likeness (QED) is 0.619. The number of phosphoric ester groups is 1. The highest BCUT2D eigenvalue weighted by molar-refractivity contribution is 7.47. The third-order valence-electron chi connectivity index (χ3n) is 0.584. The average molecular weight is 282 g/mol. The van der Waals surface area contributed by atoms with Gasteiger partial charge in [-0.15, -0.1) is 0 Å². The maximum Gasteiger partial charge on any atom is 0.472 e. The molecule has 0 heterocycles. The average Bonchev–Trinajstić information content (AvgIpc) is 1.64. The van der Waals surface area contributed by atoms with E-state index in [0.717, 1.165) is 0 Å². The van der Waals surface area contributed by atoms with Crippen LogP contribution in [0.2, 0.25) is 0 Å². The Morgan fingerprint density at radius 3 is 1.06 bits per heavy atom. The normalized spacial score (nSPS) is 6.29. The van der Waals surface area contributed by atoms with E-state index < -0.39 is 7.82 Å². The highest BCUT2D eigenvalue weighted by Gasteiger charge is 2.17. The van der Waals surface area contributed by atoms with E-state index >= 15 is 0 Å². The fraction of sp³-hybridized carbons (Fsp3) is 1.00. The Hall–Kier alpha value is 0.110. The molecule has 0 aliphatic heterocycles. The molecule has 17 heavy (non-hydrogen) atoms. The lowest BCUT2D eigenvalue weighted by atomic mass is 10.9. The summed E-state index contributed by atoms with van der Waals surface area (Å²) < 4.78 is 19.2. The molecule has 0 aromatic rings. The fourth-order valence-electron chi connectivity index (χ4n) is 0.364. The van der Waals surface area contributed by atoms with Gasteiger partial charge in [0.1, 0.15) is 0 Å². The van der Waals surface area contributed by atoms with Crippen LogP contribution in [-0.2, 0) is 13.6 Å². The summed E-state index contributed by atoms with van der Waals surface area (Å²) in [6.45, 7) is 3.63. The highest BCUT2D eigenvalue weighted by atomic mass is 31.2. The maximum absolute atomic E-state index is 10.5. The summed E-state index contributed by atoms with van der Waals surface area (Å²) in [4.78, 5) is 8.63. The van der Waals surface area contributed by atoms with Gasteiger partial charge in [-0.05, 0) is 13.8 Å². The smallest absolute Gasteiger partial charge is 0.302 e. The van der Waals surface area contributed by atoms with Crippen LogP contribution in [0.4, 0.5) is 0 Å². The molecule has 0 amide bonds. The van der Waals surface area contributed by atoms with Crippen molar-refractivity contribution in [2.45, 2.75) is 73.3 Å². The van der Waals surface area contributed by atoms with Gasteiger partial charge in [0, 0.05) is 0 Å². The zero-order valence-corrected chi connectivity index (χ0v) is 6.43. The second kappa shape index (κ2) is 36.0. The van der Waals surface area contributed by atoms with Crippen LogP contribution < -0.4 is 0 Å². The standard InChI is InChI=1S/C4H11O4P.8CH4/c1-3-7-9(5,6)8-4-2;;;;;;;;/h3-4H2,1-2H3,(H,5,6);8*1H4. The van der Waals surface area contributed by atoms with Crippen LogP contribution in [0.1, 0.15) is 73.3 Å². The molecule has 0 saturated heterocycles. The summed E-state index contributed by atoms with van der Waals surface area (Å²) in [5, 5.41) is 0. The zero-order valence-electron chi connectivity index (χ0n) is 5.53. The van der Waals surface area contributed by atoms with Gasteiger partial charge in [-0.3, -0.25) is 9.05 Å². The number of phosphoric acid groups is 1. The van der Waals surface area contributed by atoms with Crippen LogP contribution >= 0.6 is 7.82 Å².